The number of anilines is 1. The van der Waals surface area contributed by atoms with Crippen LogP contribution in [0.3, 0.4) is 0 Å². The van der Waals surface area contributed by atoms with E-state index < -0.39 is 17.7 Å². The zero-order valence-corrected chi connectivity index (χ0v) is 21.4. The molecule has 0 aromatic carbocycles. The van der Waals surface area contributed by atoms with Gasteiger partial charge in [0.25, 0.3) is 5.91 Å². The maximum absolute atomic E-state index is 14.3. The van der Waals surface area contributed by atoms with Gasteiger partial charge in [0.15, 0.2) is 0 Å². The van der Waals surface area contributed by atoms with Crippen LogP contribution >= 0.6 is 0 Å². The zero-order valence-electron chi connectivity index (χ0n) is 21.4. The normalized spacial score (nSPS) is 16.2. The molecule has 0 aliphatic carbocycles. The van der Waals surface area contributed by atoms with E-state index >= 15 is 0 Å². The maximum Gasteiger partial charge on any atom is 0.409 e. The first kappa shape index (κ1) is 26.8. The number of methoxy groups -OCH3 is 1. The molecule has 3 aromatic rings. The summed E-state index contributed by atoms with van der Waals surface area (Å²) in [7, 11) is 1.35. The van der Waals surface area contributed by atoms with Gasteiger partial charge in [0.05, 0.1) is 59.2 Å². The Morgan fingerprint density at radius 3 is 2.84 bits per heavy atom. The molecule has 2 atom stereocenters. The van der Waals surface area contributed by atoms with Crippen LogP contribution < -0.4 is 10.6 Å². The van der Waals surface area contributed by atoms with Crippen LogP contribution in [0, 0.1) is 17.2 Å². The van der Waals surface area contributed by atoms with Gasteiger partial charge in [-0.05, 0) is 50.5 Å². The lowest BCUT2D eigenvalue weighted by molar-refractivity contribution is -0.00177. The summed E-state index contributed by atoms with van der Waals surface area (Å²) < 4.78 is 20.7. The number of aromatic nitrogens is 3. The van der Waals surface area contributed by atoms with Gasteiger partial charge in [-0.2, -0.15) is 10.4 Å². The highest BCUT2D eigenvalue weighted by molar-refractivity contribution is 6.00. The van der Waals surface area contributed by atoms with Crippen molar-refractivity contribution in [3.8, 4) is 17.5 Å². The summed E-state index contributed by atoms with van der Waals surface area (Å²) in [6.45, 7) is 3.88. The zero-order chi connectivity index (χ0) is 27.4. The highest BCUT2D eigenvalue weighted by atomic mass is 19.1. The largest absolute Gasteiger partial charge is 0.453 e. The Morgan fingerprint density at radius 1 is 1.34 bits per heavy atom. The van der Waals surface area contributed by atoms with E-state index in [1.54, 1.807) is 21.5 Å². The SMILES string of the molecule is COC(=O)N1CCC(CNc2cc(-c3ccc4cc(C#N)cnn34)ncc2C(=O)NCC(F)C(C)(C)O)C1. The summed E-state index contributed by atoms with van der Waals surface area (Å²) in [6, 6.07) is 9.12. The van der Waals surface area contributed by atoms with Crippen molar-refractivity contribution in [1.82, 2.24) is 24.8 Å². The highest BCUT2D eigenvalue weighted by Crippen LogP contribution is 2.27. The number of ether oxygens (including phenoxy) is 1. The number of alkyl halides is 1. The molecular weight excluding hydrogens is 493 g/mol. The number of carbonyl (C=O) groups excluding carboxylic acids is 2. The molecule has 11 nitrogen and oxygen atoms in total. The first-order valence-corrected chi connectivity index (χ1v) is 12.2. The van der Waals surface area contributed by atoms with Crippen LogP contribution in [0.15, 0.2) is 36.7 Å². The molecule has 3 aromatic heterocycles. The first-order valence-electron chi connectivity index (χ1n) is 12.2. The summed E-state index contributed by atoms with van der Waals surface area (Å²) >= 11 is 0. The monoisotopic (exact) mass is 523 g/mol. The number of carbonyl (C=O) groups is 2. The summed E-state index contributed by atoms with van der Waals surface area (Å²) in [5.74, 6) is -0.412. The van der Waals surface area contributed by atoms with E-state index in [4.69, 9.17) is 10.00 Å². The minimum atomic E-state index is -1.66. The lowest BCUT2D eigenvalue weighted by Gasteiger charge is -2.23. The molecule has 1 fully saturated rings. The van der Waals surface area contributed by atoms with E-state index in [0.29, 0.717) is 47.8 Å². The number of nitriles is 1. The number of aliphatic hydroxyl groups is 1. The lowest BCUT2D eigenvalue weighted by Crippen LogP contribution is -2.42. The van der Waals surface area contributed by atoms with Crippen LogP contribution in [-0.4, -0.2) is 81.7 Å². The third-order valence-electron chi connectivity index (χ3n) is 6.55. The fraction of sp³-hybridized carbons (Fsp3) is 0.423. The van der Waals surface area contributed by atoms with Crippen molar-refractivity contribution in [3.05, 3.63) is 47.8 Å². The van der Waals surface area contributed by atoms with Gasteiger partial charge in [-0.15, -0.1) is 0 Å². The average Bonchev–Trinajstić information content (AvgIpc) is 3.56. The predicted octanol–water partition coefficient (Wildman–Crippen LogP) is 2.61. The van der Waals surface area contributed by atoms with Crippen LogP contribution in [0.2, 0.25) is 0 Å². The number of likely N-dealkylation sites (tertiary alicyclic amines) is 1. The van der Waals surface area contributed by atoms with Gasteiger partial charge in [-0.3, -0.25) is 9.78 Å². The second kappa shape index (κ2) is 11.0. The molecule has 12 heteroatoms. The summed E-state index contributed by atoms with van der Waals surface area (Å²) in [5, 5.41) is 29.2. The van der Waals surface area contributed by atoms with Crippen molar-refractivity contribution in [3.63, 3.8) is 0 Å². The van der Waals surface area contributed by atoms with E-state index in [1.165, 1.54) is 33.4 Å². The number of nitrogens with zero attached hydrogens (tertiary/aromatic N) is 5. The highest BCUT2D eigenvalue weighted by Gasteiger charge is 2.29. The molecule has 1 aliphatic rings. The molecule has 1 saturated heterocycles. The van der Waals surface area contributed by atoms with Crippen molar-refractivity contribution >= 4 is 23.2 Å². The van der Waals surface area contributed by atoms with Gasteiger partial charge in [-0.1, -0.05) is 0 Å². The number of hydrogen-bond donors (Lipinski definition) is 3. The molecule has 0 spiro atoms. The summed E-state index contributed by atoms with van der Waals surface area (Å²) in [5.41, 5.74) is 1.42. The fourth-order valence-electron chi connectivity index (χ4n) is 4.25. The average molecular weight is 524 g/mol. The molecule has 2 amide bonds. The lowest BCUT2D eigenvalue weighted by atomic mass is 10.0. The second-order valence-electron chi connectivity index (χ2n) is 9.81. The van der Waals surface area contributed by atoms with E-state index in [1.807, 2.05) is 12.1 Å². The number of rotatable bonds is 8. The molecule has 38 heavy (non-hydrogen) atoms. The Kier molecular flexibility index (Phi) is 7.78. The molecule has 1 aliphatic heterocycles. The number of nitrogens with one attached hydrogen (secondary N) is 2. The number of amides is 2. The molecule has 3 N–H and O–H groups in total. The third-order valence-corrected chi connectivity index (χ3v) is 6.55. The molecule has 2 unspecified atom stereocenters. The van der Waals surface area contributed by atoms with Crippen LogP contribution in [0.4, 0.5) is 14.9 Å². The van der Waals surface area contributed by atoms with Gasteiger partial charge in [0.2, 0.25) is 0 Å². The van der Waals surface area contributed by atoms with E-state index in [9.17, 15) is 19.1 Å². The molecule has 4 rings (SSSR count). The molecule has 0 radical (unpaired) electrons. The van der Waals surface area contributed by atoms with E-state index in [0.717, 1.165) is 6.42 Å². The summed E-state index contributed by atoms with van der Waals surface area (Å²) in [4.78, 5) is 30.9. The molecule has 0 saturated carbocycles. The molecule has 0 bridgehead atoms. The predicted molar refractivity (Wildman–Crippen MR) is 137 cm³/mol. The standard InChI is InChI=1S/C26H30FN7O4/c1-26(2,37)23(27)14-31-24(35)19-13-30-21(22-5-4-18-8-17(10-28)12-32-34(18)22)9-20(19)29-11-16-6-7-33(15-16)25(36)38-3/h4-5,8-9,12-13,16,23,37H,6-7,11,14-15H2,1-3H3,(H,29,30)(H,31,35). The van der Waals surface area contributed by atoms with Crippen molar-refractivity contribution < 1.29 is 23.8 Å². The Labute approximate surface area is 219 Å². The second-order valence-corrected chi connectivity index (χ2v) is 9.81. The molecule has 4 heterocycles. The third kappa shape index (κ3) is 5.84. The van der Waals surface area contributed by atoms with Gasteiger partial charge in [0, 0.05) is 25.8 Å². The van der Waals surface area contributed by atoms with E-state index in [-0.39, 0.29) is 24.1 Å². The Bertz CT molecular complexity index is 1380. The Balaban J connectivity index is 1.60. The first-order chi connectivity index (χ1) is 18.1. The van der Waals surface area contributed by atoms with Gasteiger partial charge < -0.3 is 25.4 Å². The molecule has 200 valence electrons. The van der Waals surface area contributed by atoms with Crippen molar-refractivity contribution in [2.75, 3.05) is 38.6 Å². The van der Waals surface area contributed by atoms with Crippen LogP contribution in [-0.2, 0) is 4.74 Å². The van der Waals surface area contributed by atoms with Crippen molar-refractivity contribution in [2.45, 2.75) is 32.0 Å². The van der Waals surface area contributed by atoms with Crippen LogP contribution in [0.5, 0.6) is 0 Å². The van der Waals surface area contributed by atoms with Gasteiger partial charge in [-0.25, -0.2) is 13.7 Å². The number of halogens is 1. The maximum atomic E-state index is 14.3. The smallest absolute Gasteiger partial charge is 0.409 e. The Hall–Kier alpha value is -4.24. The van der Waals surface area contributed by atoms with Gasteiger partial charge in [0.1, 0.15) is 12.2 Å². The number of hydrogen-bond acceptors (Lipinski definition) is 8. The van der Waals surface area contributed by atoms with Crippen molar-refractivity contribution in [2.24, 2.45) is 5.92 Å². The number of pyridine rings is 1. The van der Waals surface area contributed by atoms with Crippen LogP contribution in [0.1, 0.15) is 36.2 Å². The quantitative estimate of drug-likeness (QED) is 0.409. The minimum Gasteiger partial charge on any atom is -0.453 e. The summed E-state index contributed by atoms with van der Waals surface area (Å²) in [6.07, 6.45) is 1.60. The van der Waals surface area contributed by atoms with Crippen LogP contribution in [0.25, 0.3) is 16.9 Å². The number of fused-ring (bicyclic) bond motifs is 1. The van der Waals surface area contributed by atoms with Crippen molar-refractivity contribution in [1.29, 1.82) is 5.26 Å². The topological polar surface area (TPSA) is 145 Å². The minimum absolute atomic E-state index is 0.132. The fourth-order valence-corrected chi connectivity index (χ4v) is 4.25. The Morgan fingerprint density at radius 2 is 2.13 bits per heavy atom. The van der Waals surface area contributed by atoms with Gasteiger partial charge >= 0.3 is 6.09 Å². The van der Waals surface area contributed by atoms with E-state index in [2.05, 4.69) is 26.8 Å². The molecular formula is C26H30FN7O4.